The van der Waals surface area contributed by atoms with E-state index in [-0.39, 0.29) is 11.5 Å². The fourth-order valence-electron chi connectivity index (χ4n) is 0.861. The molecule has 5 nitrogen and oxygen atoms in total. The van der Waals surface area contributed by atoms with Crippen molar-refractivity contribution in [2.45, 2.75) is 13.2 Å². The van der Waals surface area contributed by atoms with Crippen LogP contribution in [0.4, 0.5) is 0 Å². The summed E-state index contributed by atoms with van der Waals surface area (Å²) in [7, 11) is 4.89. The molecule has 0 bridgehead atoms. The van der Waals surface area contributed by atoms with Crippen LogP contribution in [0.3, 0.4) is 0 Å². The fourth-order valence-corrected chi connectivity index (χ4v) is 0.861. The molecule has 0 rings (SSSR count). The lowest BCUT2D eigenvalue weighted by Crippen LogP contribution is -2.41. The fraction of sp³-hybridized carbons (Fsp3) is 0.714. The molecule has 0 radical (unpaired) electrons. The molecule has 0 heterocycles. The molecule has 0 saturated carbocycles. The summed E-state index contributed by atoms with van der Waals surface area (Å²) < 4.78 is 4.94. The number of carbonyl (C=O) groups is 1. The molecule has 0 aromatic heterocycles. The lowest BCUT2D eigenvalue weighted by Gasteiger charge is -2.16. The van der Waals surface area contributed by atoms with Crippen molar-refractivity contribution < 1.29 is 14.3 Å². The van der Waals surface area contributed by atoms with Crippen LogP contribution >= 0.6 is 0 Å². The van der Waals surface area contributed by atoms with Gasteiger partial charge in [0.15, 0.2) is 0 Å². The van der Waals surface area contributed by atoms with E-state index in [9.17, 15) is 4.79 Å². The first-order valence-corrected chi connectivity index (χ1v) is 3.46. The van der Waals surface area contributed by atoms with E-state index in [4.69, 9.17) is 10.3 Å². The van der Waals surface area contributed by atoms with Gasteiger partial charge in [-0.2, -0.15) is 4.79 Å². The Balaban J connectivity index is 4.70. The summed E-state index contributed by atoms with van der Waals surface area (Å²) >= 11 is 0. The van der Waals surface area contributed by atoms with Crippen LogP contribution in [0.5, 0.6) is 0 Å². The van der Waals surface area contributed by atoms with Crippen molar-refractivity contribution in [3.8, 4) is 0 Å². The third kappa shape index (κ3) is 2.54. The average molecular weight is 171 g/mol. The summed E-state index contributed by atoms with van der Waals surface area (Å²) in [5, 5.41) is 0. The maximum Gasteiger partial charge on any atom is 0.377 e. The standard InChI is InChI=1S/C7H13N3O2/c1-5(11)6(9-8)7(12-4)10(2)3/h7H,1-4H3. The number of hydrogen-bond acceptors (Lipinski definition) is 3. The normalized spacial score (nSPS) is 12.4. The van der Waals surface area contributed by atoms with Gasteiger partial charge in [-0.05, 0) is 14.1 Å². The van der Waals surface area contributed by atoms with Crippen molar-refractivity contribution in [3.05, 3.63) is 5.53 Å². The lowest BCUT2D eigenvalue weighted by atomic mass is 10.2. The first-order valence-electron chi connectivity index (χ1n) is 3.46. The van der Waals surface area contributed by atoms with E-state index >= 15 is 0 Å². The number of Topliss-reactive ketones (excluding diaryl/α,β-unsaturated/α-hetero) is 1. The zero-order valence-corrected chi connectivity index (χ0v) is 7.74. The van der Waals surface area contributed by atoms with Crippen LogP contribution in [-0.4, -0.2) is 48.6 Å². The molecule has 0 aliphatic heterocycles. The number of nitrogens with zero attached hydrogens (tertiary/aromatic N) is 3. The second kappa shape index (κ2) is 4.77. The maximum atomic E-state index is 10.9. The third-order valence-electron chi connectivity index (χ3n) is 1.39. The van der Waals surface area contributed by atoms with Gasteiger partial charge < -0.3 is 10.3 Å². The largest absolute Gasteiger partial charge is 0.377 e. The molecule has 0 N–H and O–H groups in total. The summed E-state index contributed by atoms with van der Waals surface area (Å²) in [6, 6.07) is 0. The molecule has 0 amide bonds. The van der Waals surface area contributed by atoms with Gasteiger partial charge in [-0.3, -0.25) is 9.69 Å². The van der Waals surface area contributed by atoms with Gasteiger partial charge in [0, 0.05) is 14.0 Å². The molecule has 0 saturated heterocycles. The Morgan fingerprint density at radius 3 is 2.17 bits per heavy atom. The van der Waals surface area contributed by atoms with Gasteiger partial charge >= 0.3 is 5.71 Å². The molecule has 68 valence electrons. The number of carbonyl (C=O) groups excluding carboxylic acids is 1. The Morgan fingerprint density at radius 2 is 2.08 bits per heavy atom. The van der Waals surface area contributed by atoms with Crippen LogP contribution in [0, 0.1) is 0 Å². The van der Waals surface area contributed by atoms with Crippen molar-refractivity contribution in [1.29, 1.82) is 0 Å². The van der Waals surface area contributed by atoms with Gasteiger partial charge in [0.2, 0.25) is 12.0 Å². The summed E-state index contributed by atoms with van der Waals surface area (Å²) in [5.41, 5.74) is 8.51. The van der Waals surface area contributed by atoms with E-state index in [2.05, 4.69) is 4.79 Å². The molecule has 0 spiro atoms. The quantitative estimate of drug-likeness (QED) is 0.254. The van der Waals surface area contributed by atoms with Crippen molar-refractivity contribution in [2.75, 3.05) is 21.2 Å². The Bertz CT molecular complexity index is 219. The first kappa shape index (κ1) is 11.0. The van der Waals surface area contributed by atoms with E-state index in [0.717, 1.165) is 0 Å². The van der Waals surface area contributed by atoms with Gasteiger partial charge in [0.05, 0.1) is 0 Å². The van der Waals surface area contributed by atoms with Gasteiger partial charge in [0.25, 0.3) is 0 Å². The Labute approximate surface area is 71.5 Å². The summed E-state index contributed by atoms with van der Waals surface area (Å²) in [6.45, 7) is 1.32. The Hall–Kier alpha value is -1.03. The number of methoxy groups -OCH3 is 1. The van der Waals surface area contributed by atoms with Crippen LogP contribution < -0.4 is 0 Å². The predicted molar refractivity (Wildman–Crippen MR) is 43.8 cm³/mol. The summed E-state index contributed by atoms with van der Waals surface area (Å²) in [5.74, 6) is -0.307. The molecule has 1 atom stereocenters. The molecular weight excluding hydrogens is 158 g/mol. The highest BCUT2D eigenvalue weighted by Crippen LogP contribution is 1.96. The first-order chi connectivity index (χ1) is 5.54. The van der Waals surface area contributed by atoms with Crippen LogP contribution in [-0.2, 0) is 9.53 Å². The SMILES string of the molecule is COC(C(=[N+]=[N-])C(C)=O)N(C)C. The molecular formula is C7H13N3O2. The average Bonchev–Trinajstić information content (AvgIpc) is 1.98. The van der Waals surface area contributed by atoms with Gasteiger partial charge in [-0.15, -0.1) is 0 Å². The minimum Gasteiger partial charge on any atom is -0.361 e. The van der Waals surface area contributed by atoms with Gasteiger partial charge in [0.1, 0.15) is 0 Å². The Kier molecular flexibility index (Phi) is 4.36. The molecule has 12 heavy (non-hydrogen) atoms. The smallest absolute Gasteiger partial charge is 0.361 e. The second-order valence-electron chi connectivity index (χ2n) is 2.59. The number of hydrogen-bond donors (Lipinski definition) is 0. The minimum atomic E-state index is -0.590. The van der Waals surface area contributed by atoms with Crippen molar-refractivity contribution in [2.24, 2.45) is 0 Å². The zero-order valence-electron chi connectivity index (χ0n) is 7.74. The number of ether oxygens (including phenoxy) is 1. The molecule has 0 aromatic carbocycles. The second-order valence-corrected chi connectivity index (χ2v) is 2.59. The predicted octanol–water partition coefficient (Wildman–Crippen LogP) is -0.220. The summed E-state index contributed by atoms with van der Waals surface area (Å²) in [4.78, 5) is 15.4. The zero-order chi connectivity index (χ0) is 9.72. The topological polar surface area (TPSA) is 65.9 Å². The molecule has 0 fully saturated rings. The van der Waals surface area contributed by atoms with Crippen molar-refractivity contribution in [3.63, 3.8) is 0 Å². The molecule has 1 unspecified atom stereocenters. The van der Waals surface area contributed by atoms with E-state index in [1.807, 2.05) is 0 Å². The monoisotopic (exact) mass is 171 g/mol. The van der Waals surface area contributed by atoms with Crippen LogP contribution in [0.15, 0.2) is 0 Å². The lowest BCUT2D eigenvalue weighted by molar-refractivity contribution is -0.119. The van der Waals surface area contributed by atoms with Crippen LogP contribution in [0.25, 0.3) is 5.53 Å². The highest BCUT2D eigenvalue weighted by Gasteiger charge is 2.29. The van der Waals surface area contributed by atoms with E-state index < -0.39 is 6.23 Å². The van der Waals surface area contributed by atoms with Crippen LogP contribution in [0.1, 0.15) is 6.92 Å². The molecule has 0 aromatic rings. The molecule has 0 aliphatic rings. The summed E-state index contributed by atoms with van der Waals surface area (Å²) in [6.07, 6.45) is -0.590. The number of rotatable bonds is 4. The van der Waals surface area contributed by atoms with E-state index in [1.54, 1.807) is 19.0 Å². The van der Waals surface area contributed by atoms with E-state index in [1.165, 1.54) is 14.0 Å². The van der Waals surface area contributed by atoms with Crippen LogP contribution in [0.2, 0.25) is 0 Å². The van der Waals surface area contributed by atoms with E-state index in [0.29, 0.717) is 0 Å². The number of ketones is 1. The highest BCUT2D eigenvalue weighted by atomic mass is 16.5. The van der Waals surface area contributed by atoms with Crippen molar-refractivity contribution in [1.82, 2.24) is 4.90 Å². The Morgan fingerprint density at radius 1 is 1.58 bits per heavy atom. The van der Waals surface area contributed by atoms with Gasteiger partial charge in [-0.25, -0.2) is 0 Å². The van der Waals surface area contributed by atoms with Crippen molar-refractivity contribution >= 4 is 11.5 Å². The third-order valence-corrected chi connectivity index (χ3v) is 1.39. The highest BCUT2D eigenvalue weighted by molar-refractivity contribution is 6.38. The van der Waals surface area contributed by atoms with Gasteiger partial charge in [-0.1, -0.05) is 0 Å². The molecule has 5 heteroatoms. The molecule has 0 aliphatic carbocycles. The maximum absolute atomic E-state index is 10.9. The minimum absolute atomic E-state index is 0.00231.